The SMILES string of the molecule is COc1cccc(CC(C)(CNC(C)(C)C)C2CC2)c1. The normalized spacial score (nSPS) is 18.6. The van der Waals surface area contributed by atoms with Gasteiger partial charge >= 0.3 is 0 Å². The molecule has 0 saturated heterocycles. The highest BCUT2D eigenvalue weighted by Crippen LogP contribution is 2.47. The van der Waals surface area contributed by atoms with Crippen molar-refractivity contribution < 1.29 is 4.74 Å². The minimum absolute atomic E-state index is 0.185. The van der Waals surface area contributed by atoms with Gasteiger partial charge in [-0.2, -0.15) is 0 Å². The molecule has 0 amide bonds. The lowest BCUT2D eigenvalue weighted by Gasteiger charge is -2.34. The van der Waals surface area contributed by atoms with Crippen LogP contribution in [0.1, 0.15) is 46.1 Å². The molecule has 0 radical (unpaired) electrons. The Balaban J connectivity index is 2.08. The van der Waals surface area contributed by atoms with Gasteiger partial charge in [0.15, 0.2) is 0 Å². The van der Waals surface area contributed by atoms with Crippen molar-refractivity contribution >= 4 is 0 Å². The number of nitrogens with one attached hydrogen (secondary N) is 1. The van der Waals surface area contributed by atoms with Crippen LogP contribution in [0, 0.1) is 11.3 Å². The Bertz CT molecular complexity index is 445. The van der Waals surface area contributed by atoms with Crippen LogP contribution in [0.5, 0.6) is 5.75 Å². The molecule has 1 fully saturated rings. The minimum atomic E-state index is 0.185. The van der Waals surface area contributed by atoms with E-state index in [4.69, 9.17) is 4.74 Å². The molecule has 20 heavy (non-hydrogen) atoms. The maximum absolute atomic E-state index is 5.34. The van der Waals surface area contributed by atoms with Crippen molar-refractivity contribution in [2.24, 2.45) is 11.3 Å². The van der Waals surface area contributed by atoms with Crippen molar-refractivity contribution in [3.63, 3.8) is 0 Å². The zero-order valence-electron chi connectivity index (χ0n) is 13.6. The molecule has 1 unspecified atom stereocenters. The van der Waals surface area contributed by atoms with E-state index >= 15 is 0 Å². The van der Waals surface area contributed by atoms with Gasteiger partial charge < -0.3 is 10.1 Å². The van der Waals surface area contributed by atoms with Gasteiger partial charge in [-0.15, -0.1) is 0 Å². The monoisotopic (exact) mass is 275 g/mol. The third kappa shape index (κ3) is 4.24. The van der Waals surface area contributed by atoms with Gasteiger partial charge in [0.05, 0.1) is 7.11 Å². The Kier molecular flexibility index (Phi) is 4.43. The lowest BCUT2D eigenvalue weighted by atomic mass is 9.78. The van der Waals surface area contributed by atoms with E-state index in [9.17, 15) is 0 Å². The Hall–Kier alpha value is -1.02. The van der Waals surface area contributed by atoms with Crippen molar-refractivity contribution in [2.45, 2.75) is 52.5 Å². The summed E-state index contributed by atoms with van der Waals surface area (Å²) in [5.41, 5.74) is 1.92. The van der Waals surface area contributed by atoms with Crippen LogP contribution in [0.4, 0.5) is 0 Å². The van der Waals surface area contributed by atoms with E-state index in [0.29, 0.717) is 5.41 Å². The fourth-order valence-corrected chi connectivity index (χ4v) is 2.85. The van der Waals surface area contributed by atoms with Crippen LogP contribution in [0.3, 0.4) is 0 Å². The van der Waals surface area contributed by atoms with E-state index in [2.05, 4.69) is 51.2 Å². The molecule has 1 aliphatic carbocycles. The molecule has 1 aliphatic rings. The quantitative estimate of drug-likeness (QED) is 0.846. The van der Waals surface area contributed by atoms with Crippen LogP contribution < -0.4 is 10.1 Å². The molecule has 2 nitrogen and oxygen atoms in total. The molecule has 112 valence electrons. The molecule has 1 aromatic rings. The highest BCUT2D eigenvalue weighted by Gasteiger charge is 2.41. The van der Waals surface area contributed by atoms with E-state index < -0.39 is 0 Å². The van der Waals surface area contributed by atoms with Crippen LogP contribution in [0.25, 0.3) is 0 Å². The second-order valence-corrected chi connectivity index (χ2v) is 7.56. The van der Waals surface area contributed by atoms with Gasteiger partial charge in [-0.25, -0.2) is 0 Å². The van der Waals surface area contributed by atoms with Gasteiger partial charge in [-0.05, 0) is 69.1 Å². The molecule has 0 spiro atoms. The maximum atomic E-state index is 5.34. The highest BCUT2D eigenvalue weighted by atomic mass is 16.5. The molecule has 2 rings (SSSR count). The van der Waals surface area contributed by atoms with Crippen LogP contribution >= 0.6 is 0 Å². The summed E-state index contributed by atoms with van der Waals surface area (Å²) in [4.78, 5) is 0. The number of benzene rings is 1. The average Bonchev–Trinajstić information content (AvgIpc) is 3.20. The van der Waals surface area contributed by atoms with E-state index in [1.807, 2.05) is 6.07 Å². The summed E-state index contributed by atoms with van der Waals surface area (Å²) in [6.45, 7) is 10.2. The number of ether oxygens (including phenoxy) is 1. The van der Waals surface area contributed by atoms with E-state index in [-0.39, 0.29) is 5.54 Å². The minimum Gasteiger partial charge on any atom is -0.497 e. The van der Waals surface area contributed by atoms with Gasteiger partial charge in [0.25, 0.3) is 0 Å². The van der Waals surface area contributed by atoms with Crippen LogP contribution in [-0.4, -0.2) is 19.2 Å². The van der Waals surface area contributed by atoms with Crippen molar-refractivity contribution in [3.05, 3.63) is 29.8 Å². The van der Waals surface area contributed by atoms with E-state index in [1.54, 1.807) is 7.11 Å². The number of rotatable bonds is 6. The summed E-state index contributed by atoms with van der Waals surface area (Å²) in [6, 6.07) is 8.52. The molecule has 0 heterocycles. The van der Waals surface area contributed by atoms with Crippen LogP contribution in [0.2, 0.25) is 0 Å². The van der Waals surface area contributed by atoms with Crippen molar-refractivity contribution in [3.8, 4) is 5.75 Å². The molecule has 0 aromatic heterocycles. The van der Waals surface area contributed by atoms with Gasteiger partial charge in [-0.3, -0.25) is 0 Å². The zero-order chi connectivity index (χ0) is 14.8. The van der Waals surface area contributed by atoms with Gasteiger partial charge in [0, 0.05) is 12.1 Å². The van der Waals surface area contributed by atoms with Crippen LogP contribution in [-0.2, 0) is 6.42 Å². The molecule has 1 aromatic carbocycles. The highest BCUT2D eigenvalue weighted by molar-refractivity contribution is 5.29. The summed E-state index contributed by atoms with van der Waals surface area (Å²) >= 11 is 0. The number of hydrogen-bond donors (Lipinski definition) is 1. The molecular formula is C18H29NO. The van der Waals surface area contributed by atoms with Gasteiger partial charge in [0.1, 0.15) is 5.75 Å². The number of methoxy groups -OCH3 is 1. The second kappa shape index (κ2) is 5.77. The smallest absolute Gasteiger partial charge is 0.119 e. The van der Waals surface area contributed by atoms with E-state index in [1.165, 1.54) is 18.4 Å². The molecular weight excluding hydrogens is 246 g/mol. The van der Waals surface area contributed by atoms with Gasteiger partial charge in [0.2, 0.25) is 0 Å². The lowest BCUT2D eigenvalue weighted by molar-refractivity contribution is 0.227. The zero-order valence-corrected chi connectivity index (χ0v) is 13.6. The summed E-state index contributed by atoms with van der Waals surface area (Å²) in [5, 5.41) is 3.70. The van der Waals surface area contributed by atoms with E-state index in [0.717, 1.165) is 24.6 Å². The second-order valence-electron chi connectivity index (χ2n) is 7.56. The van der Waals surface area contributed by atoms with Crippen LogP contribution in [0.15, 0.2) is 24.3 Å². The molecule has 1 saturated carbocycles. The Labute approximate surface area is 123 Å². The third-order valence-electron chi connectivity index (χ3n) is 4.33. The van der Waals surface area contributed by atoms with Crippen molar-refractivity contribution in [1.29, 1.82) is 0 Å². The summed E-state index contributed by atoms with van der Waals surface area (Å²) in [6.07, 6.45) is 3.89. The van der Waals surface area contributed by atoms with Crippen molar-refractivity contribution in [2.75, 3.05) is 13.7 Å². The third-order valence-corrected chi connectivity index (χ3v) is 4.33. The van der Waals surface area contributed by atoms with Gasteiger partial charge in [-0.1, -0.05) is 19.1 Å². The molecule has 0 bridgehead atoms. The predicted molar refractivity (Wildman–Crippen MR) is 85.3 cm³/mol. The Morgan fingerprint density at radius 1 is 1.20 bits per heavy atom. The first-order valence-electron chi connectivity index (χ1n) is 7.70. The lowest BCUT2D eigenvalue weighted by Crippen LogP contribution is -2.44. The molecule has 1 N–H and O–H groups in total. The summed E-state index contributed by atoms with van der Waals surface area (Å²) in [7, 11) is 1.74. The summed E-state index contributed by atoms with van der Waals surface area (Å²) in [5.74, 6) is 1.83. The largest absolute Gasteiger partial charge is 0.497 e. The fourth-order valence-electron chi connectivity index (χ4n) is 2.85. The Morgan fingerprint density at radius 2 is 1.90 bits per heavy atom. The number of hydrogen-bond acceptors (Lipinski definition) is 2. The average molecular weight is 275 g/mol. The first kappa shape index (κ1) is 15.4. The topological polar surface area (TPSA) is 21.3 Å². The van der Waals surface area contributed by atoms with Crippen molar-refractivity contribution in [1.82, 2.24) is 5.32 Å². The molecule has 1 atom stereocenters. The molecule has 0 aliphatic heterocycles. The predicted octanol–water partition coefficient (Wildman–Crippen LogP) is 4.04. The maximum Gasteiger partial charge on any atom is 0.119 e. The first-order chi connectivity index (χ1) is 9.32. The summed E-state index contributed by atoms with van der Waals surface area (Å²) < 4.78 is 5.34. The standard InChI is InChI=1S/C18H29NO/c1-17(2,3)19-13-18(4,15-9-10-15)12-14-7-6-8-16(11-14)20-5/h6-8,11,15,19H,9-10,12-13H2,1-5H3. The Morgan fingerprint density at radius 3 is 2.45 bits per heavy atom. The first-order valence-corrected chi connectivity index (χ1v) is 7.70. The molecule has 2 heteroatoms. The fraction of sp³-hybridized carbons (Fsp3) is 0.667.